The Labute approximate surface area is 120 Å². The molecule has 0 aromatic heterocycles. The van der Waals surface area contributed by atoms with Gasteiger partial charge in [-0.05, 0) is 33.4 Å². The van der Waals surface area contributed by atoms with Crippen molar-refractivity contribution in [1.29, 1.82) is 0 Å². The second-order valence-electron chi connectivity index (χ2n) is 5.68. The van der Waals surface area contributed by atoms with E-state index in [2.05, 4.69) is 12.2 Å². The van der Waals surface area contributed by atoms with Crippen molar-refractivity contribution in [3.05, 3.63) is 35.9 Å². The number of piperidine rings is 1. The smallest absolute Gasteiger partial charge is 0.285 e. The van der Waals surface area contributed by atoms with Crippen LogP contribution in [-0.4, -0.2) is 37.1 Å². The highest BCUT2D eigenvalue weighted by atomic mass is 19.3. The minimum Gasteiger partial charge on any atom is -0.316 e. The maximum atomic E-state index is 14.4. The van der Waals surface area contributed by atoms with Crippen molar-refractivity contribution in [2.24, 2.45) is 0 Å². The van der Waals surface area contributed by atoms with E-state index in [0.717, 1.165) is 25.8 Å². The first kappa shape index (κ1) is 15.4. The fourth-order valence-corrected chi connectivity index (χ4v) is 3.00. The summed E-state index contributed by atoms with van der Waals surface area (Å²) in [6, 6.07) is 8.58. The number of alkyl halides is 2. The second kappa shape index (κ2) is 6.64. The van der Waals surface area contributed by atoms with Crippen LogP contribution in [0.2, 0.25) is 0 Å². The van der Waals surface area contributed by atoms with E-state index < -0.39 is 5.92 Å². The molecule has 0 radical (unpaired) electrons. The molecule has 1 aliphatic heterocycles. The van der Waals surface area contributed by atoms with E-state index in [9.17, 15) is 8.78 Å². The SMILES string of the molecule is CNC(C)C1CCCCN1CC(F)(F)c1ccccc1. The second-order valence-corrected chi connectivity index (χ2v) is 5.68. The molecule has 1 aromatic carbocycles. The van der Waals surface area contributed by atoms with Gasteiger partial charge in [-0.3, -0.25) is 4.90 Å². The van der Waals surface area contributed by atoms with Crippen LogP contribution in [0, 0.1) is 0 Å². The molecule has 112 valence electrons. The van der Waals surface area contributed by atoms with Gasteiger partial charge in [-0.2, -0.15) is 8.78 Å². The molecule has 1 N–H and O–H groups in total. The lowest BCUT2D eigenvalue weighted by atomic mass is 9.95. The summed E-state index contributed by atoms with van der Waals surface area (Å²) in [6.45, 7) is 2.65. The van der Waals surface area contributed by atoms with Crippen LogP contribution in [0.5, 0.6) is 0 Å². The van der Waals surface area contributed by atoms with Crippen molar-refractivity contribution in [2.75, 3.05) is 20.1 Å². The fourth-order valence-electron chi connectivity index (χ4n) is 3.00. The molecule has 1 aliphatic rings. The Morgan fingerprint density at radius 3 is 2.65 bits per heavy atom. The van der Waals surface area contributed by atoms with E-state index in [-0.39, 0.29) is 24.2 Å². The standard InChI is InChI=1S/C16H24F2N2/c1-13(19-2)15-10-6-7-11-20(15)12-16(17,18)14-8-4-3-5-9-14/h3-5,8-9,13,15,19H,6-7,10-12H2,1-2H3. The highest BCUT2D eigenvalue weighted by molar-refractivity contribution is 5.20. The topological polar surface area (TPSA) is 15.3 Å². The molecule has 1 heterocycles. The summed E-state index contributed by atoms with van der Waals surface area (Å²) in [5.41, 5.74) is 0.112. The van der Waals surface area contributed by atoms with Crippen LogP contribution >= 0.6 is 0 Å². The molecule has 0 saturated carbocycles. The van der Waals surface area contributed by atoms with E-state index in [4.69, 9.17) is 0 Å². The Hall–Kier alpha value is -1.00. The third kappa shape index (κ3) is 3.55. The Morgan fingerprint density at radius 2 is 2.00 bits per heavy atom. The van der Waals surface area contributed by atoms with Crippen LogP contribution in [0.1, 0.15) is 31.7 Å². The average Bonchev–Trinajstić information content (AvgIpc) is 2.47. The van der Waals surface area contributed by atoms with Gasteiger partial charge in [0, 0.05) is 17.6 Å². The zero-order valence-corrected chi connectivity index (χ0v) is 12.3. The Morgan fingerprint density at radius 1 is 1.30 bits per heavy atom. The number of halogens is 2. The average molecular weight is 282 g/mol. The Bertz CT molecular complexity index is 408. The molecule has 2 nitrogen and oxygen atoms in total. The van der Waals surface area contributed by atoms with E-state index in [0.29, 0.717) is 0 Å². The largest absolute Gasteiger partial charge is 0.316 e. The minimum atomic E-state index is -2.79. The third-order valence-electron chi connectivity index (χ3n) is 4.29. The summed E-state index contributed by atoms with van der Waals surface area (Å²) in [5.74, 6) is -2.79. The van der Waals surface area contributed by atoms with Gasteiger partial charge in [0.15, 0.2) is 0 Å². The number of rotatable bonds is 5. The third-order valence-corrected chi connectivity index (χ3v) is 4.29. The lowest BCUT2D eigenvalue weighted by Crippen LogP contribution is -2.52. The van der Waals surface area contributed by atoms with Gasteiger partial charge in [0.2, 0.25) is 0 Å². The molecule has 2 atom stereocenters. The summed E-state index contributed by atoms with van der Waals surface area (Å²) in [7, 11) is 1.90. The summed E-state index contributed by atoms with van der Waals surface area (Å²) in [4.78, 5) is 1.96. The number of nitrogens with one attached hydrogen (secondary N) is 1. The molecule has 0 spiro atoms. The number of benzene rings is 1. The van der Waals surface area contributed by atoms with Crippen LogP contribution in [-0.2, 0) is 5.92 Å². The van der Waals surface area contributed by atoms with Crippen molar-refractivity contribution < 1.29 is 8.78 Å². The minimum absolute atomic E-state index is 0.112. The predicted molar refractivity (Wildman–Crippen MR) is 78.1 cm³/mol. The van der Waals surface area contributed by atoms with Gasteiger partial charge in [0.1, 0.15) is 0 Å². The molecule has 0 aliphatic carbocycles. The summed E-state index contributed by atoms with van der Waals surface area (Å²) < 4.78 is 28.8. The summed E-state index contributed by atoms with van der Waals surface area (Å²) in [5, 5.41) is 3.20. The van der Waals surface area contributed by atoms with Crippen molar-refractivity contribution in [2.45, 2.75) is 44.2 Å². The quantitative estimate of drug-likeness (QED) is 0.892. The van der Waals surface area contributed by atoms with Crippen LogP contribution in [0.15, 0.2) is 30.3 Å². The maximum Gasteiger partial charge on any atom is 0.285 e. The highest BCUT2D eigenvalue weighted by Crippen LogP contribution is 2.31. The van der Waals surface area contributed by atoms with Crippen molar-refractivity contribution in [3.63, 3.8) is 0 Å². The summed E-state index contributed by atoms with van der Waals surface area (Å²) in [6.07, 6.45) is 3.13. The lowest BCUT2D eigenvalue weighted by Gasteiger charge is -2.40. The monoisotopic (exact) mass is 282 g/mol. The van der Waals surface area contributed by atoms with Gasteiger partial charge in [0.25, 0.3) is 5.92 Å². The normalized spacial score (nSPS) is 22.7. The number of hydrogen-bond donors (Lipinski definition) is 1. The van der Waals surface area contributed by atoms with E-state index in [1.807, 2.05) is 11.9 Å². The van der Waals surface area contributed by atoms with E-state index >= 15 is 0 Å². The van der Waals surface area contributed by atoms with Crippen LogP contribution < -0.4 is 5.32 Å². The number of hydrogen-bond acceptors (Lipinski definition) is 2. The first-order valence-corrected chi connectivity index (χ1v) is 7.39. The van der Waals surface area contributed by atoms with Gasteiger partial charge in [-0.1, -0.05) is 36.8 Å². The van der Waals surface area contributed by atoms with Crippen LogP contribution in [0.25, 0.3) is 0 Å². The van der Waals surface area contributed by atoms with Crippen LogP contribution in [0.3, 0.4) is 0 Å². The first-order valence-electron chi connectivity index (χ1n) is 7.39. The van der Waals surface area contributed by atoms with Crippen molar-refractivity contribution >= 4 is 0 Å². The van der Waals surface area contributed by atoms with Crippen LogP contribution in [0.4, 0.5) is 8.78 Å². The number of likely N-dealkylation sites (tertiary alicyclic amines) is 1. The van der Waals surface area contributed by atoms with E-state index in [1.165, 1.54) is 12.1 Å². The maximum absolute atomic E-state index is 14.4. The predicted octanol–water partition coefficient (Wildman–Crippen LogP) is 3.24. The van der Waals surface area contributed by atoms with Crippen molar-refractivity contribution in [3.8, 4) is 0 Å². The zero-order valence-electron chi connectivity index (χ0n) is 12.3. The number of nitrogens with zero attached hydrogens (tertiary/aromatic N) is 1. The van der Waals surface area contributed by atoms with Gasteiger partial charge in [-0.15, -0.1) is 0 Å². The van der Waals surface area contributed by atoms with Gasteiger partial charge in [-0.25, -0.2) is 0 Å². The molecular formula is C16H24F2N2. The summed E-state index contributed by atoms with van der Waals surface area (Å²) >= 11 is 0. The molecular weight excluding hydrogens is 258 g/mol. The lowest BCUT2D eigenvalue weighted by molar-refractivity contribution is -0.0577. The van der Waals surface area contributed by atoms with Gasteiger partial charge >= 0.3 is 0 Å². The first-order chi connectivity index (χ1) is 9.54. The van der Waals surface area contributed by atoms with Gasteiger partial charge < -0.3 is 5.32 Å². The molecule has 1 fully saturated rings. The molecule has 20 heavy (non-hydrogen) atoms. The van der Waals surface area contributed by atoms with Crippen molar-refractivity contribution in [1.82, 2.24) is 10.2 Å². The highest BCUT2D eigenvalue weighted by Gasteiger charge is 2.38. The Kier molecular flexibility index (Phi) is 5.11. The molecule has 0 amide bonds. The molecule has 0 bridgehead atoms. The van der Waals surface area contributed by atoms with E-state index in [1.54, 1.807) is 18.2 Å². The molecule has 1 saturated heterocycles. The molecule has 2 rings (SSSR count). The molecule has 4 heteroatoms. The number of likely N-dealkylation sites (N-methyl/N-ethyl adjacent to an activating group) is 1. The molecule has 2 unspecified atom stereocenters. The van der Waals surface area contributed by atoms with Gasteiger partial charge in [0.05, 0.1) is 6.54 Å². The fraction of sp³-hybridized carbons (Fsp3) is 0.625. The Balaban J connectivity index is 2.10. The zero-order chi connectivity index (χ0) is 14.6. The molecule has 1 aromatic rings.